The van der Waals surface area contributed by atoms with Crippen LogP contribution in [0.25, 0.3) is 0 Å². The molecule has 0 spiro atoms. The summed E-state index contributed by atoms with van der Waals surface area (Å²) in [6.45, 7) is 5.17. The first kappa shape index (κ1) is 12.1. The van der Waals surface area contributed by atoms with E-state index in [1.807, 2.05) is 0 Å². The first-order valence-electron chi connectivity index (χ1n) is 6.87. The van der Waals surface area contributed by atoms with Gasteiger partial charge in [-0.3, -0.25) is 4.79 Å². The maximum atomic E-state index is 12.3. The molecule has 0 aromatic rings. The Balaban J connectivity index is 1.93. The number of ketones is 1. The predicted octanol–water partition coefficient (Wildman–Crippen LogP) is 3.20. The summed E-state index contributed by atoms with van der Waals surface area (Å²) >= 11 is 0. The molecule has 0 amide bonds. The van der Waals surface area contributed by atoms with Crippen molar-refractivity contribution in [3.05, 3.63) is 0 Å². The molecule has 16 heavy (non-hydrogen) atoms. The summed E-state index contributed by atoms with van der Waals surface area (Å²) < 4.78 is 5.60. The van der Waals surface area contributed by atoms with E-state index in [4.69, 9.17) is 4.74 Å². The van der Waals surface area contributed by atoms with Crippen molar-refractivity contribution in [2.75, 3.05) is 6.61 Å². The fourth-order valence-electron chi connectivity index (χ4n) is 3.21. The second-order valence-electron chi connectivity index (χ2n) is 5.60. The average Bonchev–Trinajstić information content (AvgIpc) is 2.74. The van der Waals surface area contributed by atoms with Gasteiger partial charge in [-0.25, -0.2) is 0 Å². The Hall–Kier alpha value is -0.370. The number of Topliss-reactive ketones (excluding diaryl/α,β-unsaturated/α-hetero) is 1. The van der Waals surface area contributed by atoms with Gasteiger partial charge in [0.15, 0.2) is 5.78 Å². The van der Waals surface area contributed by atoms with E-state index in [1.165, 1.54) is 19.3 Å². The summed E-state index contributed by atoms with van der Waals surface area (Å²) in [5.41, 5.74) is 0. The average molecular weight is 224 g/mol. The molecule has 0 aromatic carbocycles. The Morgan fingerprint density at radius 3 is 2.75 bits per heavy atom. The van der Waals surface area contributed by atoms with E-state index < -0.39 is 0 Å². The zero-order chi connectivity index (χ0) is 11.5. The van der Waals surface area contributed by atoms with Gasteiger partial charge in [0.25, 0.3) is 0 Å². The van der Waals surface area contributed by atoms with Crippen molar-refractivity contribution < 1.29 is 9.53 Å². The highest BCUT2D eigenvalue weighted by Gasteiger charge is 2.36. The van der Waals surface area contributed by atoms with E-state index >= 15 is 0 Å². The summed E-state index contributed by atoms with van der Waals surface area (Å²) in [7, 11) is 0. The molecule has 1 heterocycles. The van der Waals surface area contributed by atoms with E-state index in [-0.39, 0.29) is 6.10 Å². The van der Waals surface area contributed by atoms with Crippen molar-refractivity contribution in [1.29, 1.82) is 0 Å². The van der Waals surface area contributed by atoms with Gasteiger partial charge in [-0.2, -0.15) is 0 Å². The summed E-state index contributed by atoms with van der Waals surface area (Å²) in [4.78, 5) is 12.3. The summed E-state index contributed by atoms with van der Waals surface area (Å²) in [6.07, 6.45) is 6.97. The molecule has 1 aliphatic carbocycles. The molecule has 2 fully saturated rings. The minimum Gasteiger partial charge on any atom is -0.370 e. The maximum Gasteiger partial charge on any atom is 0.164 e. The Morgan fingerprint density at radius 2 is 2.12 bits per heavy atom. The molecule has 2 rings (SSSR count). The van der Waals surface area contributed by atoms with Gasteiger partial charge in [0.1, 0.15) is 6.10 Å². The third-order valence-corrected chi connectivity index (χ3v) is 4.43. The normalized spacial score (nSPS) is 39.9. The van der Waals surface area contributed by atoms with E-state index in [0.717, 1.165) is 31.8 Å². The monoisotopic (exact) mass is 224 g/mol. The Bertz CT molecular complexity index is 249. The topological polar surface area (TPSA) is 26.3 Å². The third-order valence-electron chi connectivity index (χ3n) is 4.43. The molecule has 2 aliphatic rings. The molecule has 92 valence electrons. The predicted molar refractivity (Wildman–Crippen MR) is 64.3 cm³/mol. The van der Waals surface area contributed by atoms with E-state index in [2.05, 4.69) is 13.8 Å². The second kappa shape index (κ2) is 5.31. The van der Waals surface area contributed by atoms with Gasteiger partial charge < -0.3 is 4.74 Å². The van der Waals surface area contributed by atoms with Crippen LogP contribution >= 0.6 is 0 Å². The quantitative estimate of drug-likeness (QED) is 0.736. The van der Waals surface area contributed by atoms with Crippen LogP contribution in [0.15, 0.2) is 0 Å². The number of carbonyl (C=O) groups excluding carboxylic acids is 1. The second-order valence-corrected chi connectivity index (χ2v) is 5.60. The molecule has 0 bridgehead atoms. The Kier molecular flexibility index (Phi) is 4.01. The third kappa shape index (κ3) is 2.48. The smallest absolute Gasteiger partial charge is 0.164 e. The highest BCUT2D eigenvalue weighted by molar-refractivity contribution is 5.86. The van der Waals surface area contributed by atoms with Gasteiger partial charge in [-0.15, -0.1) is 0 Å². The molecular weight excluding hydrogens is 200 g/mol. The lowest BCUT2D eigenvalue weighted by Crippen LogP contribution is -2.34. The molecule has 1 saturated heterocycles. The van der Waals surface area contributed by atoms with E-state index in [9.17, 15) is 4.79 Å². The summed E-state index contributed by atoms with van der Waals surface area (Å²) in [5.74, 6) is 1.92. The van der Waals surface area contributed by atoms with Crippen molar-refractivity contribution in [2.24, 2.45) is 17.8 Å². The lowest BCUT2D eigenvalue weighted by molar-refractivity contribution is -0.134. The number of rotatable bonds is 3. The SMILES string of the molecule is CCC1CCCC(C(=O)C2OCCC2C)C1. The van der Waals surface area contributed by atoms with Crippen LogP contribution in [0.2, 0.25) is 0 Å². The van der Waals surface area contributed by atoms with Crippen LogP contribution in [-0.4, -0.2) is 18.5 Å². The number of hydrogen-bond acceptors (Lipinski definition) is 2. The lowest BCUT2D eigenvalue weighted by atomic mass is 9.76. The number of ether oxygens (including phenoxy) is 1. The van der Waals surface area contributed by atoms with Crippen LogP contribution in [0.4, 0.5) is 0 Å². The molecule has 4 atom stereocenters. The van der Waals surface area contributed by atoms with Crippen LogP contribution < -0.4 is 0 Å². The molecular formula is C14H24O2. The van der Waals surface area contributed by atoms with E-state index in [0.29, 0.717) is 17.6 Å². The minimum atomic E-state index is -0.0828. The molecule has 0 radical (unpaired) electrons. The van der Waals surface area contributed by atoms with Crippen molar-refractivity contribution in [3.8, 4) is 0 Å². The van der Waals surface area contributed by atoms with Crippen molar-refractivity contribution in [3.63, 3.8) is 0 Å². The standard InChI is InChI=1S/C14H24O2/c1-3-11-5-4-6-12(9-11)13(15)14-10(2)7-8-16-14/h10-12,14H,3-9H2,1-2H3. The first-order chi connectivity index (χ1) is 7.72. The highest BCUT2D eigenvalue weighted by atomic mass is 16.5. The molecule has 1 aliphatic heterocycles. The molecule has 1 saturated carbocycles. The molecule has 0 aromatic heterocycles. The van der Waals surface area contributed by atoms with Gasteiger partial charge >= 0.3 is 0 Å². The maximum absolute atomic E-state index is 12.3. The van der Waals surface area contributed by atoms with Crippen LogP contribution in [0.3, 0.4) is 0 Å². The van der Waals surface area contributed by atoms with E-state index in [1.54, 1.807) is 0 Å². The first-order valence-corrected chi connectivity index (χ1v) is 6.87. The van der Waals surface area contributed by atoms with Gasteiger partial charge in [0, 0.05) is 12.5 Å². The Morgan fingerprint density at radius 1 is 1.31 bits per heavy atom. The van der Waals surface area contributed by atoms with Crippen LogP contribution in [0, 0.1) is 17.8 Å². The number of carbonyl (C=O) groups is 1. The fraction of sp³-hybridized carbons (Fsp3) is 0.929. The van der Waals surface area contributed by atoms with Gasteiger partial charge in [0.05, 0.1) is 0 Å². The van der Waals surface area contributed by atoms with Crippen molar-refractivity contribution >= 4 is 5.78 Å². The zero-order valence-corrected chi connectivity index (χ0v) is 10.6. The van der Waals surface area contributed by atoms with Crippen molar-refractivity contribution in [1.82, 2.24) is 0 Å². The fourth-order valence-corrected chi connectivity index (χ4v) is 3.21. The summed E-state index contributed by atoms with van der Waals surface area (Å²) in [6, 6.07) is 0. The largest absolute Gasteiger partial charge is 0.370 e. The van der Waals surface area contributed by atoms with Gasteiger partial charge in [0.2, 0.25) is 0 Å². The molecule has 4 unspecified atom stereocenters. The summed E-state index contributed by atoms with van der Waals surface area (Å²) in [5, 5.41) is 0. The van der Waals surface area contributed by atoms with Crippen LogP contribution in [0.1, 0.15) is 52.4 Å². The minimum absolute atomic E-state index is 0.0828. The van der Waals surface area contributed by atoms with Gasteiger partial charge in [-0.1, -0.05) is 33.1 Å². The van der Waals surface area contributed by atoms with Gasteiger partial charge in [-0.05, 0) is 31.1 Å². The lowest BCUT2D eigenvalue weighted by Gasteiger charge is -2.29. The van der Waals surface area contributed by atoms with Crippen LogP contribution in [0.5, 0.6) is 0 Å². The van der Waals surface area contributed by atoms with Crippen LogP contribution in [-0.2, 0) is 9.53 Å². The zero-order valence-electron chi connectivity index (χ0n) is 10.6. The molecule has 0 N–H and O–H groups in total. The van der Waals surface area contributed by atoms with Crippen molar-refractivity contribution in [2.45, 2.75) is 58.5 Å². The highest BCUT2D eigenvalue weighted by Crippen LogP contribution is 2.34. The Labute approximate surface area is 98.7 Å². The molecule has 2 nitrogen and oxygen atoms in total. The molecule has 2 heteroatoms. The number of hydrogen-bond donors (Lipinski definition) is 0.